The highest BCUT2D eigenvalue weighted by Gasteiger charge is 2.20. The van der Waals surface area contributed by atoms with E-state index >= 15 is 0 Å². The largest absolute Gasteiger partial charge is 0.346 e. The van der Waals surface area contributed by atoms with E-state index < -0.39 is 0 Å². The number of aromatic nitrogens is 2. The summed E-state index contributed by atoms with van der Waals surface area (Å²) in [6.07, 6.45) is 5.71. The van der Waals surface area contributed by atoms with Crippen molar-refractivity contribution in [3.8, 4) is 0 Å². The highest BCUT2D eigenvalue weighted by molar-refractivity contribution is 5.18. The first-order valence-electron chi connectivity index (χ1n) is 5.60. The second kappa shape index (κ2) is 4.13. The van der Waals surface area contributed by atoms with Gasteiger partial charge < -0.3 is 10.7 Å². The molecule has 3 heteroatoms. The molecule has 1 aliphatic carbocycles. The number of hydrogen-bond donors (Lipinski definition) is 2. The number of hydrogen-bond acceptors (Lipinski definition) is 2. The third kappa shape index (κ3) is 1.82. The van der Waals surface area contributed by atoms with Gasteiger partial charge in [-0.25, -0.2) is 4.98 Å². The lowest BCUT2D eigenvalue weighted by Gasteiger charge is -2.20. The molecule has 0 amide bonds. The van der Waals surface area contributed by atoms with Crippen LogP contribution >= 0.6 is 0 Å². The molecule has 3 nitrogen and oxygen atoms in total. The normalized spacial score (nSPS) is 20.9. The Labute approximate surface area is 85.1 Å². The van der Waals surface area contributed by atoms with Crippen LogP contribution in [0.3, 0.4) is 0 Å². The number of nitrogens with two attached hydrogens (primary N) is 1. The Bertz CT molecular complexity index is 303. The molecular weight excluding hydrogens is 174 g/mol. The molecule has 3 N–H and O–H groups in total. The Kier molecular flexibility index (Phi) is 2.87. The molecule has 0 radical (unpaired) electrons. The van der Waals surface area contributed by atoms with Crippen molar-refractivity contribution in [2.24, 2.45) is 11.7 Å². The van der Waals surface area contributed by atoms with Gasteiger partial charge in [-0.15, -0.1) is 0 Å². The van der Waals surface area contributed by atoms with E-state index in [-0.39, 0.29) is 0 Å². The van der Waals surface area contributed by atoms with E-state index in [0.717, 1.165) is 44.0 Å². The topological polar surface area (TPSA) is 54.7 Å². The Morgan fingerprint density at radius 2 is 2.43 bits per heavy atom. The molecule has 14 heavy (non-hydrogen) atoms. The van der Waals surface area contributed by atoms with Crippen LogP contribution in [-0.2, 0) is 19.3 Å². The lowest BCUT2D eigenvalue weighted by molar-refractivity contribution is 0.426. The smallest absolute Gasteiger partial charge is 0.106 e. The summed E-state index contributed by atoms with van der Waals surface area (Å²) in [5.74, 6) is 1.92. The summed E-state index contributed by atoms with van der Waals surface area (Å²) in [7, 11) is 0. The van der Waals surface area contributed by atoms with Gasteiger partial charge in [0, 0.05) is 12.1 Å². The van der Waals surface area contributed by atoms with Gasteiger partial charge in [0.2, 0.25) is 0 Å². The minimum absolute atomic E-state index is 0.776. The lowest BCUT2D eigenvalue weighted by atomic mass is 9.87. The predicted octanol–water partition coefficient (Wildman–Crippen LogP) is 1.43. The molecule has 0 fully saturated rings. The number of rotatable bonds is 3. The molecule has 0 saturated heterocycles. The summed E-state index contributed by atoms with van der Waals surface area (Å²) in [6, 6.07) is 0. The fraction of sp³-hybridized carbons (Fsp3) is 0.727. The molecule has 1 unspecified atom stereocenters. The average Bonchev–Trinajstić information content (AvgIpc) is 2.60. The van der Waals surface area contributed by atoms with Crippen LogP contribution in [0.4, 0.5) is 0 Å². The first-order chi connectivity index (χ1) is 6.83. The zero-order chi connectivity index (χ0) is 9.97. The van der Waals surface area contributed by atoms with Gasteiger partial charge in [-0.1, -0.05) is 6.92 Å². The molecular formula is C11H19N3. The van der Waals surface area contributed by atoms with Crippen LogP contribution in [0.5, 0.6) is 0 Å². The standard InChI is InChI=1S/C11H19N3/c1-2-11-13-9-4-3-8(5-6-12)7-10(9)14-11/h8H,2-7,12H2,1H3,(H,13,14). The molecule has 1 aromatic rings. The molecule has 1 heterocycles. The third-order valence-electron chi connectivity index (χ3n) is 3.11. The fourth-order valence-corrected chi connectivity index (χ4v) is 2.26. The molecule has 0 spiro atoms. The second-order valence-electron chi connectivity index (χ2n) is 4.15. The summed E-state index contributed by atoms with van der Waals surface area (Å²) in [5.41, 5.74) is 8.25. The second-order valence-corrected chi connectivity index (χ2v) is 4.15. The summed E-state index contributed by atoms with van der Waals surface area (Å²) in [5, 5.41) is 0. The third-order valence-corrected chi connectivity index (χ3v) is 3.11. The zero-order valence-electron chi connectivity index (χ0n) is 8.84. The van der Waals surface area contributed by atoms with Crippen LogP contribution in [0.15, 0.2) is 0 Å². The Balaban J connectivity index is 2.09. The molecule has 78 valence electrons. The van der Waals surface area contributed by atoms with Gasteiger partial charge in [0.25, 0.3) is 0 Å². The molecule has 0 bridgehead atoms. The SMILES string of the molecule is CCc1nc2c([nH]1)CC(CCN)CC2. The molecule has 1 aromatic heterocycles. The van der Waals surface area contributed by atoms with Gasteiger partial charge in [-0.05, 0) is 38.1 Å². The summed E-state index contributed by atoms with van der Waals surface area (Å²) >= 11 is 0. The maximum absolute atomic E-state index is 5.58. The molecule has 2 rings (SSSR count). The van der Waals surface area contributed by atoms with E-state index in [4.69, 9.17) is 5.73 Å². The number of aromatic amines is 1. The highest BCUT2D eigenvalue weighted by Crippen LogP contribution is 2.25. The number of aryl methyl sites for hydroxylation is 2. The number of fused-ring (bicyclic) bond motifs is 1. The van der Waals surface area contributed by atoms with E-state index in [1.807, 2.05) is 0 Å². The number of nitrogens with zero attached hydrogens (tertiary/aromatic N) is 1. The van der Waals surface area contributed by atoms with Crippen LogP contribution in [0.2, 0.25) is 0 Å². The average molecular weight is 193 g/mol. The van der Waals surface area contributed by atoms with E-state index in [2.05, 4.69) is 16.9 Å². The van der Waals surface area contributed by atoms with Crippen molar-refractivity contribution >= 4 is 0 Å². The molecule has 0 aliphatic heterocycles. The maximum Gasteiger partial charge on any atom is 0.106 e. The van der Waals surface area contributed by atoms with Crippen molar-refractivity contribution in [1.82, 2.24) is 9.97 Å². The maximum atomic E-state index is 5.58. The van der Waals surface area contributed by atoms with Gasteiger partial charge in [-0.2, -0.15) is 0 Å². The lowest BCUT2D eigenvalue weighted by Crippen LogP contribution is -2.17. The molecule has 0 aromatic carbocycles. The quantitative estimate of drug-likeness (QED) is 0.763. The van der Waals surface area contributed by atoms with Gasteiger partial charge in [0.15, 0.2) is 0 Å². The highest BCUT2D eigenvalue weighted by atomic mass is 14.9. The van der Waals surface area contributed by atoms with Crippen molar-refractivity contribution in [3.05, 3.63) is 17.2 Å². The van der Waals surface area contributed by atoms with Gasteiger partial charge in [0.05, 0.1) is 5.69 Å². The first-order valence-corrected chi connectivity index (χ1v) is 5.60. The number of H-pyrrole nitrogens is 1. The van der Waals surface area contributed by atoms with Crippen molar-refractivity contribution in [2.45, 2.75) is 39.0 Å². The van der Waals surface area contributed by atoms with Crippen molar-refractivity contribution in [2.75, 3.05) is 6.54 Å². The van der Waals surface area contributed by atoms with E-state index in [0.29, 0.717) is 0 Å². The van der Waals surface area contributed by atoms with Crippen molar-refractivity contribution in [3.63, 3.8) is 0 Å². The van der Waals surface area contributed by atoms with E-state index in [9.17, 15) is 0 Å². The minimum atomic E-state index is 0.776. The zero-order valence-corrected chi connectivity index (χ0v) is 8.84. The summed E-state index contributed by atoms with van der Waals surface area (Å²) in [4.78, 5) is 8.00. The van der Waals surface area contributed by atoms with Crippen LogP contribution in [-0.4, -0.2) is 16.5 Å². The van der Waals surface area contributed by atoms with Gasteiger partial charge in [-0.3, -0.25) is 0 Å². The molecule has 0 saturated carbocycles. The van der Waals surface area contributed by atoms with Crippen molar-refractivity contribution < 1.29 is 0 Å². The van der Waals surface area contributed by atoms with Crippen LogP contribution in [0.25, 0.3) is 0 Å². The number of nitrogens with one attached hydrogen (secondary N) is 1. The van der Waals surface area contributed by atoms with Crippen LogP contribution in [0, 0.1) is 5.92 Å². The fourth-order valence-electron chi connectivity index (χ4n) is 2.26. The predicted molar refractivity (Wildman–Crippen MR) is 57.2 cm³/mol. The van der Waals surface area contributed by atoms with E-state index in [1.54, 1.807) is 0 Å². The van der Waals surface area contributed by atoms with Gasteiger partial charge in [0.1, 0.15) is 5.82 Å². The monoisotopic (exact) mass is 193 g/mol. The molecule has 1 atom stereocenters. The summed E-state index contributed by atoms with van der Waals surface area (Å²) in [6.45, 7) is 2.95. The first kappa shape index (κ1) is 9.71. The minimum Gasteiger partial charge on any atom is -0.346 e. The molecule has 1 aliphatic rings. The van der Waals surface area contributed by atoms with E-state index in [1.165, 1.54) is 17.8 Å². The number of imidazole rings is 1. The van der Waals surface area contributed by atoms with Crippen LogP contribution in [0.1, 0.15) is 37.0 Å². The van der Waals surface area contributed by atoms with Gasteiger partial charge >= 0.3 is 0 Å². The van der Waals surface area contributed by atoms with Crippen LogP contribution < -0.4 is 5.73 Å². The Hall–Kier alpha value is -0.830. The Morgan fingerprint density at radius 3 is 3.14 bits per heavy atom. The summed E-state index contributed by atoms with van der Waals surface area (Å²) < 4.78 is 0. The Morgan fingerprint density at radius 1 is 1.57 bits per heavy atom. The van der Waals surface area contributed by atoms with Crippen molar-refractivity contribution in [1.29, 1.82) is 0 Å².